The molecule has 1 rings (SSSR count). The molecule has 0 aromatic heterocycles. The van der Waals surface area contributed by atoms with E-state index in [1.54, 1.807) is 20.8 Å². The molecule has 0 aliphatic rings. The zero-order chi connectivity index (χ0) is 20.0. The van der Waals surface area contributed by atoms with Crippen LogP contribution in [-0.2, 0) is 9.59 Å². The van der Waals surface area contributed by atoms with E-state index in [0.29, 0.717) is 0 Å². The third kappa shape index (κ3) is 5.99. The van der Waals surface area contributed by atoms with Crippen LogP contribution < -0.4 is 10.6 Å². The van der Waals surface area contributed by atoms with Crippen molar-refractivity contribution in [1.29, 1.82) is 0 Å². The normalized spacial score (nSPS) is 13.0. The largest absolute Gasteiger partial charge is 0.481 e. The summed E-state index contributed by atoms with van der Waals surface area (Å²) in [5.41, 5.74) is -0.263. The van der Waals surface area contributed by atoms with E-state index in [4.69, 9.17) is 16.7 Å². The van der Waals surface area contributed by atoms with Gasteiger partial charge in [-0.15, -0.1) is 0 Å². The molecule has 2 atom stereocenters. The Labute approximate surface area is 154 Å². The number of aliphatic carboxylic acids is 1. The van der Waals surface area contributed by atoms with E-state index in [9.17, 15) is 24.5 Å². The Morgan fingerprint density at radius 1 is 1.23 bits per heavy atom. The van der Waals surface area contributed by atoms with Gasteiger partial charge in [-0.25, -0.2) is 0 Å². The molecule has 0 radical (unpaired) electrons. The van der Waals surface area contributed by atoms with Gasteiger partial charge in [0.15, 0.2) is 0 Å². The molecule has 0 aliphatic carbocycles. The van der Waals surface area contributed by atoms with E-state index in [0.717, 1.165) is 12.1 Å². The molecule has 0 bridgehead atoms. The molecule has 0 aliphatic heterocycles. The van der Waals surface area contributed by atoms with Gasteiger partial charge in [0, 0.05) is 18.2 Å². The Hall–Kier alpha value is -2.68. The Balaban J connectivity index is 2.90. The van der Waals surface area contributed by atoms with E-state index >= 15 is 0 Å². The second-order valence-electron chi connectivity index (χ2n) is 6.12. The Kier molecular flexibility index (Phi) is 7.51. The van der Waals surface area contributed by atoms with Crippen LogP contribution in [0.2, 0.25) is 5.02 Å². The Morgan fingerprint density at radius 2 is 1.85 bits per heavy atom. The maximum Gasteiger partial charge on any atom is 0.305 e. The molecule has 0 saturated heterocycles. The SMILES string of the molecule is CC(CC(=O)O)NC(=O)C(NC(=O)c1ccc([N+](=O)[O-])cc1Cl)C(C)C. The number of non-ortho nitro benzene ring substituents is 1. The molecule has 0 fully saturated rings. The van der Waals surface area contributed by atoms with Crippen molar-refractivity contribution in [3.05, 3.63) is 38.9 Å². The fraction of sp³-hybridized carbons (Fsp3) is 0.438. The molecule has 0 heterocycles. The van der Waals surface area contributed by atoms with E-state index < -0.39 is 34.8 Å². The van der Waals surface area contributed by atoms with Crippen LogP contribution in [0.25, 0.3) is 0 Å². The average molecular weight is 386 g/mol. The predicted octanol–water partition coefficient (Wildman–Crippen LogP) is 1.98. The van der Waals surface area contributed by atoms with Crippen molar-refractivity contribution in [2.45, 2.75) is 39.3 Å². The highest BCUT2D eigenvalue weighted by Gasteiger charge is 2.27. The van der Waals surface area contributed by atoms with Gasteiger partial charge in [-0.1, -0.05) is 25.4 Å². The van der Waals surface area contributed by atoms with Crippen LogP contribution in [0, 0.1) is 16.0 Å². The molecule has 0 saturated carbocycles. The smallest absolute Gasteiger partial charge is 0.305 e. The van der Waals surface area contributed by atoms with Crippen LogP contribution in [0.15, 0.2) is 18.2 Å². The van der Waals surface area contributed by atoms with Gasteiger partial charge >= 0.3 is 5.97 Å². The van der Waals surface area contributed by atoms with Crippen LogP contribution in [-0.4, -0.2) is 39.9 Å². The second kappa shape index (κ2) is 9.14. The van der Waals surface area contributed by atoms with Crippen molar-refractivity contribution < 1.29 is 24.4 Å². The number of carboxylic acid groups (broad SMARTS) is 1. The fourth-order valence-electron chi connectivity index (χ4n) is 2.20. The number of nitrogens with zero attached hydrogens (tertiary/aromatic N) is 1. The van der Waals surface area contributed by atoms with Gasteiger partial charge < -0.3 is 15.7 Å². The highest BCUT2D eigenvalue weighted by Crippen LogP contribution is 2.22. The van der Waals surface area contributed by atoms with Crippen molar-refractivity contribution in [3.63, 3.8) is 0 Å². The summed E-state index contributed by atoms with van der Waals surface area (Å²) in [5.74, 6) is -2.53. The zero-order valence-electron chi connectivity index (χ0n) is 14.5. The lowest BCUT2D eigenvalue weighted by molar-refractivity contribution is -0.384. The molecule has 0 spiro atoms. The molecule has 10 heteroatoms. The highest BCUT2D eigenvalue weighted by molar-refractivity contribution is 6.34. The van der Waals surface area contributed by atoms with Gasteiger partial charge in [0.05, 0.1) is 21.9 Å². The van der Waals surface area contributed by atoms with Crippen LogP contribution in [0.1, 0.15) is 37.6 Å². The summed E-state index contributed by atoms with van der Waals surface area (Å²) in [4.78, 5) is 45.5. The lowest BCUT2D eigenvalue weighted by Crippen LogP contribution is -2.51. The zero-order valence-corrected chi connectivity index (χ0v) is 15.2. The van der Waals surface area contributed by atoms with Crippen molar-refractivity contribution in [2.75, 3.05) is 0 Å². The lowest BCUT2D eigenvalue weighted by Gasteiger charge is -2.23. The summed E-state index contributed by atoms with van der Waals surface area (Å²) in [6.45, 7) is 4.96. The molecule has 3 N–H and O–H groups in total. The molecule has 26 heavy (non-hydrogen) atoms. The molecular weight excluding hydrogens is 366 g/mol. The molecule has 9 nitrogen and oxygen atoms in total. The van der Waals surface area contributed by atoms with Crippen LogP contribution in [0.4, 0.5) is 5.69 Å². The predicted molar refractivity (Wildman–Crippen MR) is 94.1 cm³/mol. The third-order valence-corrected chi connectivity index (χ3v) is 3.83. The monoisotopic (exact) mass is 385 g/mol. The van der Waals surface area contributed by atoms with Crippen LogP contribution in [0.5, 0.6) is 0 Å². The summed E-state index contributed by atoms with van der Waals surface area (Å²) in [5, 5.41) is 24.4. The minimum absolute atomic E-state index is 0.00528. The maximum absolute atomic E-state index is 12.4. The summed E-state index contributed by atoms with van der Waals surface area (Å²) in [6, 6.07) is 1.86. The first-order valence-electron chi connectivity index (χ1n) is 7.79. The first-order chi connectivity index (χ1) is 12.0. The summed E-state index contributed by atoms with van der Waals surface area (Å²) < 4.78 is 0. The quantitative estimate of drug-likeness (QED) is 0.462. The van der Waals surface area contributed by atoms with Crippen LogP contribution >= 0.6 is 11.6 Å². The van der Waals surface area contributed by atoms with Gasteiger partial charge in [-0.2, -0.15) is 0 Å². The first kappa shape index (κ1) is 21.4. The number of benzene rings is 1. The molecule has 1 aromatic carbocycles. The minimum Gasteiger partial charge on any atom is -0.481 e. The summed E-state index contributed by atoms with van der Waals surface area (Å²) in [7, 11) is 0. The first-order valence-corrected chi connectivity index (χ1v) is 8.17. The number of amides is 2. The number of carbonyl (C=O) groups is 3. The van der Waals surface area contributed by atoms with Crippen molar-refractivity contribution in [1.82, 2.24) is 10.6 Å². The van der Waals surface area contributed by atoms with E-state index in [2.05, 4.69) is 10.6 Å². The van der Waals surface area contributed by atoms with Crippen LogP contribution in [0.3, 0.4) is 0 Å². The molecular formula is C16H20ClN3O6. The number of halogens is 1. The van der Waals surface area contributed by atoms with E-state index in [-0.39, 0.29) is 28.6 Å². The fourth-order valence-corrected chi connectivity index (χ4v) is 2.46. The number of carbonyl (C=O) groups excluding carboxylic acids is 2. The number of hydrogen-bond acceptors (Lipinski definition) is 5. The van der Waals surface area contributed by atoms with Gasteiger partial charge in [-0.05, 0) is 18.9 Å². The van der Waals surface area contributed by atoms with Gasteiger partial charge in [0.1, 0.15) is 6.04 Å². The topological polar surface area (TPSA) is 139 Å². The van der Waals surface area contributed by atoms with E-state index in [1.807, 2.05) is 0 Å². The van der Waals surface area contributed by atoms with Crippen molar-refractivity contribution >= 4 is 35.1 Å². The summed E-state index contributed by atoms with van der Waals surface area (Å²) in [6.07, 6.45) is -0.251. The molecule has 2 amide bonds. The highest BCUT2D eigenvalue weighted by atomic mass is 35.5. The maximum atomic E-state index is 12.4. The number of nitro groups is 1. The van der Waals surface area contributed by atoms with Crippen molar-refractivity contribution in [3.8, 4) is 0 Å². The standard InChI is InChI=1S/C16H20ClN3O6/c1-8(2)14(16(24)18-9(3)6-13(21)22)19-15(23)11-5-4-10(20(25)26)7-12(11)17/h4-5,7-9,14H,6H2,1-3H3,(H,18,24)(H,19,23)(H,21,22). The van der Waals surface area contributed by atoms with Gasteiger partial charge in [0.2, 0.25) is 5.91 Å². The number of hydrogen-bond donors (Lipinski definition) is 3. The molecule has 142 valence electrons. The molecule has 2 unspecified atom stereocenters. The number of carboxylic acids is 1. The Bertz CT molecular complexity index is 722. The average Bonchev–Trinajstić information content (AvgIpc) is 2.50. The van der Waals surface area contributed by atoms with Gasteiger partial charge in [0.25, 0.3) is 11.6 Å². The van der Waals surface area contributed by atoms with Gasteiger partial charge in [-0.3, -0.25) is 24.5 Å². The van der Waals surface area contributed by atoms with Crippen molar-refractivity contribution in [2.24, 2.45) is 5.92 Å². The Morgan fingerprint density at radius 3 is 2.31 bits per heavy atom. The number of nitrogens with one attached hydrogen (secondary N) is 2. The number of nitro benzene ring substituents is 1. The second-order valence-corrected chi connectivity index (χ2v) is 6.53. The minimum atomic E-state index is -1.06. The van der Waals surface area contributed by atoms with E-state index in [1.165, 1.54) is 6.07 Å². The molecule has 1 aromatic rings. The lowest BCUT2D eigenvalue weighted by atomic mass is 10.0. The number of rotatable bonds is 8. The third-order valence-electron chi connectivity index (χ3n) is 3.51. The summed E-state index contributed by atoms with van der Waals surface area (Å²) >= 11 is 5.92.